The summed E-state index contributed by atoms with van der Waals surface area (Å²) in [4.78, 5) is 25.5. The minimum absolute atomic E-state index is 0.0180. The average molecular weight is 323 g/mol. The SMILES string of the molecule is CC(C)CCC(=O)NCC(=O)NCC(c1cnn(C)c1)N(C)C. The summed E-state index contributed by atoms with van der Waals surface area (Å²) < 4.78 is 1.74. The monoisotopic (exact) mass is 323 g/mol. The van der Waals surface area contributed by atoms with Crippen molar-refractivity contribution in [3.8, 4) is 0 Å². The molecule has 1 unspecified atom stereocenters. The summed E-state index contributed by atoms with van der Waals surface area (Å²) in [6, 6.07) is 0.0456. The van der Waals surface area contributed by atoms with Crippen LogP contribution in [0.2, 0.25) is 0 Å². The van der Waals surface area contributed by atoms with Crippen LogP contribution in [0.1, 0.15) is 38.3 Å². The van der Waals surface area contributed by atoms with Gasteiger partial charge in [-0.15, -0.1) is 0 Å². The molecule has 1 rings (SSSR count). The quantitative estimate of drug-likeness (QED) is 0.701. The molecular formula is C16H29N5O2. The molecule has 1 atom stereocenters. The topological polar surface area (TPSA) is 79.3 Å². The van der Waals surface area contributed by atoms with E-state index in [2.05, 4.69) is 29.6 Å². The largest absolute Gasteiger partial charge is 0.353 e. The summed E-state index contributed by atoms with van der Waals surface area (Å²) in [5.74, 6) is 0.221. The van der Waals surface area contributed by atoms with Gasteiger partial charge < -0.3 is 15.5 Å². The smallest absolute Gasteiger partial charge is 0.239 e. The molecule has 0 saturated carbocycles. The Morgan fingerprint density at radius 1 is 1.26 bits per heavy atom. The van der Waals surface area contributed by atoms with Crippen molar-refractivity contribution < 1.29 is 9.59 Å². The molecule has 1 heterocycles. The second-order valence-electron chi connectivity index (χ2n) is 6.44. The van der Waals surface area contributed by atoms with E-state index < -0.39 is 0 Å². The van der Waals surface area contributed by atoms with E-state index in [4.69, 9.17) is 0 Å². The van der Waals surface area contributed by atoms with Gasteiger partial charge in [-0.1, -0.05) is 13.8 Å². The van der Waals surface area contributed by atoms with Gasteiger partial charge in [-0.05, 0) is 26.4 Å². The minimum atomic E-state index is -0.182. The van der Waals surface area contributed by atoms with Crippen LogP contribution in [0, 0.1) is 5.92 Å². The van der Waals surface area contributed by atoms with Crippen LogP contribution in [0.5, 0.6) is 0 Å². The molecule has 7 nitrogen and oxygen atoms in total. The third-order valence-electron chi connectivity index (χ3n) is 3.62. The summed E-state index contributed by atoms with van der Waals surface area (Å²) in [5.41, 5.74) is 1.04. The van der Waals surface area contributed by atoms with Crippen molar-refractivity contribution in [3.63, 3.8) is 0 Å². The van der Waals surface area contributed by atoms with Crippen molar-refractivity contribution >= 4 is 11.8 Å². The maximum Gasteiger partial charge on any atom is 0.239 e. The molecule has 23 heavy (non-hydrogen) atoms. The maximum atomic E-state index is 11.9. The second kappa shape index (κ2) is 9.29. The molecular weight excluding hydrogens is 294 g/mol. The average Bonchev–Trinajstić information content (AvgIpc) is 2.89. The molecule has 0 spiro atoms. The molecule has 0 fully saturated rings. The number of rotatable bonds is 9. The van der Waals surface area contributed by atoms with Crippen LogP contribution < -0.4 is 10.6 Å². The Kier molecular flexibility index (Phi) is 7.74. The number of nitrogens with one attached hydrogen (secondary N) is 2. The fraction of sp³-hybridized carbons (Fsp3) is 0.688. The number of carbonyl (C=O) groups excluding carboxylic acids is 2. The first-order valence-electron chi connectivity index (χ1n) is 7.98. The molecule has 2 N–H and O–H groups in total. The van der Waals surface area contributed by atoms with E-state index in [-0.39, 0.29) is 24.4 Å². The lowest BCUT2D eigenvalue weighted by atomic mass is 10.1. The lowest BCUT2D eigenvalue weighted by Crippen LogP contribution is -2.40. The number of likely N-dealkylation sites (N-methyl/N-ethyl adjacent to an activating group) is 1. The van der Waals surface area contributed by atoms with Crippen molar-refractivity contribution in [1.82, 2.24) is 25.3 Å². The van der Waals surface area contributed by atoms with E-state index in [0.29, 0.717) is 18.9 Å². The summed E-state index contributed by atoms with van der Waals surface area (Å²) >= 11 is 0. The summed E-state index contributed by atoms with van der Waals surface area (Å²) in [7, 11) is 5.77. The molecule has 7 heteroatoms. The fourth-order valence-corrected chi connectivity index (χ4v) is 2.17. The lowest BCUT2D eigenvalue weighted by Gasteiger charge is -2.23. The Morgan fingerprint density at radius 2 is 1.96 bits per heavy atom. The maximum absolute atomic E-state index is 11.9. The van der Waals surface area contributed by atoms with Gasteiger partial charge in [-0.3, -0.25) is 14.3 Å². The predicted molar refractivity (Wildman–Crippen MR) is 89.7 cm³/mol. The van der Waals surface area contributed by atoms with Crippen molar-refractivity contribution in [2.45, 2.75) is 32.7 Å². The number of nitrogens with zero attached hydrogens (tertiary/aromatic N) is 3. The first-order valence-corrected chi connectivity index (χ1v) is 7.98. The molecule has 1 aromatic heterocycles. The van der Waals surface area contributed by atoms with Crippen LogP contribution in [0.25, 0.3) is 0 Å². The molecule has 0 saturated heterocycles. The molecule has 0 aliphatic carbocycles. The normalized spacial score (nSPS) is 12.5. The lowest BCUT2D eigenvalue weighted by molar-refractivity contribution is -0.126. The Bertz CT molecular complexity index is 510. The number of amides is 2. The molecule has 0 radical (unpaired) electrons. The number of hydrogen-bond donors (Lipinski definition) is 2. The van der Waals surface area contributed by atoms with Crippen molar-refractivity contribution in [3.05, 3.63) is 18.0 Å². The van der Waals surface area contributed by atoms with Crippen molar-refractivity contribution in [2.24, 2.45) is 13.0 Å². The zero-order valence-corrected chi connectivity index (χ0v) is 14.8. The number of aryl methyl sites for hydroxylation is 1. The molecule has 130 valence electrons. The van der Waals surface area contributed by atoms with Crippen LogP contribution >= 0.6 is 0 Å². The van der Waals surface area contributed by atoms with Crippen LogP contribution in [0.4, 0.5) is 0 Å². The van der Waals surface area contributed by atoms with E-state index in [1.165, 1.54) is 0 Å². The van der Waals surface area contributed by atoms with Gasteiger partial charge in [0.1, 0.15) is 0 Å². The first kappa shape index (κ1) is 19.2. The Hall–Kier alpha value is -1.89. The van der Waals surface area contributed by atoms with E-state index in [0.717, 1.165) is 12.0 Å². The van der Waals surface area contributed by atoms with Gasteiger partial charge in [0.2, 0.25) is 11.8 Å². The Balaban J connectivity index is 2.37. The molecule has 0 aromatic carbocycles. The van der Waals surface area contributed by atoms with Gasteiger partial charge in [-0.25, -0.2) is 0 Å². The molecule has 0 aliphatic rings. The highest BCUT2D eigenvalue weighted by molar-refractivity contribution is 5.84. The summed E-state index contributed by atoms with van der Waals surface area (Å²) in [5, 5.41) is 9.67. The second-order valence-corrected chi connectivity index (χ2v) is 6.44. The van der Waals surface area contributed by atoms with Crippen LogP contribution in [0.3, 0.4) is 0 Å². The standard InChI is InChI=1S/C16H29N5O2/c1-12(2)6-7-15(22)18-10-16(23)17-9-14(20(3)4)13-8-19-21(5)11-13/h8,11-12,14H,6-7,9-10H2,1-5H3,(H,17,23)(H,18,22). The molecule has 0 aliphatic heterocycles. The van der Waals surface area contributed by atoms with Gasteiger partial charge in [-0.2, -0.15) is 5.10 Å². The van der Waals surface area contributed by atoms with Gasteiger partial charge in [0.25, 0.3) is 0 Å². The number of aromatic nitrogens is 2. The predicted octanol–water partition coefficient (Wildman–Crippen LogP) is 0.691. The van der Waals surface area contributed by atoms with Crippen LogP contribution in [-0.2, 0) is 16.6 Å². The van der Waals surface area contributed by atoms with E-state index in [1.54, 1.807) is 10.9 Å². The highest BCUT2D eigenvalue weighted by atomic mass is 16.2. The Morgan fingerprint density at radius 3 is 2.48 bits per heavy atom. The highest BCUT2D eigenvalue weighted by Crippen LogP contribution is 2.15. The highest BCUT2D eigenvalue weighted by Gasteiger charge is 2.17. The minimum Gasteiger partial charge on any atom is -0.353 e. The molecule has 2 amide bonds. The van der Waals surface area contributed by atoms with Gasteiger partial charge in [0.15, 0.2) is 0 Å². The van der Waals surface area contributed by atoms with Gasteiger partial charge in [0.05, 0.1) is 18.8 Å². The van der Waals surface area contributed by atoms with E-state index in [1.807, 2.05) is 32.2 Å². The number of carbonyl (C=O) groups is 2. The van der Waals surface area contributed by atoms with Crippen LogP contribution in [0.15, 0.2) is 12.4 Å². The molecule has 1 aromatic rings. The molecule has 0 bridgehead atoms. The van der Waals surface area contributed by atoms with Gasteiger partial charge in [0, 0.05) is 31.8 Å². The first-order chi connectivity index (χ1) is 10.8. The summed E-state index contributed by atoms with van der Waals surface area (Å²) in [6.07, 6.45) is 5.02. The van der Waals surface area contributed by atoms with Gasteiger partial charge >= 0.3 is 0 Å². The summed E-state index contributed by atoms with van der Waals surface area (Å²) in [6.45, 7) is 4.63. The van der Waals surface area contributed by atoms with Crippen molar-refractivity contribution in [2.75, 3.05) is 27.2 Å². The van der Waals surface area contributed by atoms with E-state index >= 15 is 0 Å². The van der Waals surface area contributed by atoms with Crippen molar-refractivity contribution in [1.29, 1.82) is 0 Å². The third kappa shape index (κ3) is 7.27. The number of hydrogen-bond acceptors (Lipinski definition) is 4. The zero-order chi connectivity index (χ0) is 17.4. The third-order valence-corrected chi connectivity index (χ3v) is 3.62. The zero-order valence-electron chi connectivity index (χ0n) is 14.8. The Labute approximate surface area is 138 Å². The van der Waals surface area contributed by atoms with E-state index in [9.17, 15) is 9.59 Å². The fourth-order valence-electron chi connectivity index (χ4n) is 2.17. The van der Waals surface area contributed by atoms with Crippen LogP contribution in [-0.4, -0.2) is 53.7 Å².